The maximum absolute atomic E-state index is 12.3. The molecule has 0 aromatic carbocycles. The summed E-state index contributed by atoms with van der Waals surface area (Å²) in [6.45, 7) is 0.710. The predicted molar refractivity (Wildman–Crippen MR) is 66.7 cm³/mol. The fourth-order valence-electron chi connectivity index (χ4n) is 2.27. The Hall–Kier alpha value is -1.31. The number of carbonyl (C=O) groups is 2. The number of carbonyl (C=O) groups excluding carboxylic acids is 2. The first kappa shape index (κ1) is 16.7. The maximum Gasteiger partial charge on any atom is 0.397 e. The quantitative estimate of drug-likeness (QED) is 0.787. The van der Waals surface area contributed by atoms with Gasteiger partial charge in [-0.25, -0.2) is 0 Å². The van der Waals surface area contributed by atoms with Crippen molar-refractivity contribution in [1.29, 1.82) is 0 Å². The lowest BCUT2D eigenvalue weighted by molar-refractivity contribution is -0.164. The van der Waals surface area contributed by atoms with E-state index in [1.807, 2.05) is 0 Å². The lowest BCUT2D eigenvalue weighted by atomic mass is 10.0. The second-order valence-corrected chi connectivity index (χ2v) is 4.87. The van der Waals surface area contributed by atoms with Crippen LogP contribution in [-0.4, -0.2) is 48.6 Å². The van der Waals surface area contributed by atoms with E-state index < -0.39 is 18.5 Å². The fraction of sp³-hybridized carbons (Fsp3) is 0.833. The van der Waals surface area contributed by atoms with Crippen molar-refractivity contribution >= 4 is 11.8 Å². The van der Waals surface area contributed by atoms with E-state index in [9.17, 15) is 22.8 Å². The van der Waals surface area contributed by atoms with E-state index in [0.717, 1.165) is 6.42 Å². The second-order valence-electron chi connectivity index (χ2n) is 4.87. The summed E-state index contributed by atoms with van der Waals surface area (Å²) in [7, 11) is 0. The molecule has 0 radical (unpaired) electrons. The molecule has 1 unspecified atom stereocenters. The second kappa shape index (κ2) is 7.47. The van der Waals surface area contributed by atoms with E-state index >= 15 is 0 Å². The van der Waals surface area contributed by atoms with Gasteiger partial charge in [-0.05, 0) is 19.3 Å². The van der Waals surface area contributed by atoms with Crippen LogP contribution in [0.1, 0.15) is 32.1 Å². The molecule has 0 saturated carbocycles. The monoisotopic (exact) mass is 295 g/mol. The Morgan fingerprint density at radius 2 is 2.00 bits per heavy atom. The number of nitrogens with one attached hydrogen (secondary N) is 1. The molecule has 0 aromatic rings. The summed E-state index contributed by atoms with van der Waals surface area (Å²) in [4.78, 5) is 24.2. The Balaban J connectivity index is 2.53. The molecule has 8 heteroatoms. The predicted octanol–water partition coefficient (Wildman–Crippen LogP) is 0.785. The topological polar surface area (TPSA) is 75.4 Å². The molecule has 0 aliphatic carbocycles. The molecule has 0 bridgehead atoms. The number of likely N-dealkylation sites (tertiary alicyclic amines) is 1. The molecule has 1 heterocycles. The van der Waals surface area contributed by atoms with Gasteiger partial charge in [-0.3, -0.25) is 9.59 Å². The SMILES string of the molecule is NCCC(=O)NCC1CCCCN1C(=O)CC(F)(F)F. The first-order valence-corrected chi connectivity index (χ1v) is 6.66. The highest BCUT2D eigenvalue weighted by atomic mass is 19.4. The maximum atomic E-state index is 12.3. The first-order chi connectivity index (χ1) is 9.33. The summed E-state index contributed by atoms with van der Waals surface area (Å²) in [5, 5.41) is 2.61. The number of nitrogens with zero attached hydrogens (tertiary/aromatic N) is 1. The van der Waals surface area contributed by atoms with Crippen LogP contribution >= 0.6 is 0 Å². The number of amides is 2. The molecule has 1 aliphatic rings. The van der Waals surface area contributed by atoms with Crippen molar-refractivity contribution in [2.24, 2.45) is 5.73 Å². The Labute approximate surface area is 115 Å². The summed E-state index contributed by atoms with van der Waals surface area (Å²) < 4.78 is 36.8. The molecular weight excluding hydrogens is 275 g/mol. The molecule has 5 nitrogen and oxygen atoms in total. The molecule has 1 fully saturated rings. The van der Waals surface area contributed by atoms with Gasteiger partial charge in [0.05, 0.1) is 0 Å². The highest BCUT2D eigenvalue weighted by Gasteiger charge is 2.36. The molecule has 20 heavy (non-hydrogen) atoms. The van der Waals surface area contributed by atoms with Gasteiger partial charge in [-0.2, -0.15) is 13.2 Å². The smallest absolute Gasteiger partial charge is 0.354 e. The number of alkyl halides is 3. The van der Waals surface area contributed by atoms with Crippen molar-refractivity contribution in [2.75, 3.05) is 19.6 Å². The zero-order valence-electron chi connectivity index (χ0n) is 11.2. The molecular formula is C12H20F3N3O2. The van der Waals surface area contributed by atoms with Gasteiger partial charge < -0.3 is 16.0 Å². The number of hydrogen-bond donors (Lipinski definition) is 2. The van der Waals surface area contributed by atoms with Crippen molar-refractivity contribution in [3.05, 3.63) is 0 Å². The zero-order valence-corrected chi connectivity index (χ0v) is 11.2. The largest absolute Gasteiger partial charge is 0.397 e. The van der Waals surface area contributed by atoms with Crippen LogP contribution in [-0.2, 0) is 9.59 Å². The standard InChI is InChI=1S/C12H20F3N3O2/c13-12(14,15)7-11(20)18-6-2-1-3-9(18)8-17-10(19)4-5-16/h9H,1-8,16H2,(H,17,19). The first-order valence-electron chi connectivity index (χ1n) is 6.66. The van der Waals surface area contributed by atoms with Crippen LogP contribution in [0.15, 0.2) is 0 Å². The Bertz CT molecular complexity index is 347. The van der Waals surface area contributed by atoms with E-state index in [0.29, 0.717) is 19.4 Å². The molecule has 1 atom stereocenters. The minimum absolute atomic E-state index is 0.170. The van der Waals surface area contributed by atoms with Crippen molar-refractivity contribution in [3.8, 4) is 0 Å². The Morgan fingerprint density at radius 3 is 2.60 bits per heavy atom. The van der Waals surface area contributed by atoms with Crippen molar-refractivity contribution in [2.45, 2.75) is 44.3 Å². The summed E-state index contributed by atoms with van der Waals surface area (Å²) in [6.07, 6.45) is -3.64. The Morgan fingerprint density at radius 1 is 1.30 bits per heavy atom. The van der Waals surface area contributed by atoms with E-state index in [1.165, 1.54) is 4.90 Å². The van der Waals surface area contributed by atoms with E-state index in [2.05, 4.69) is 5.32 Å². The number of piperidine rings is 1. The number of halogens is 3. The lowest BCUT2D eigenvalue weighted by Crippen LogP contribution is -2.50. The van der Waals surface area contributed by atoms with Crippen molar-refractivity contribution < 1.29 is 22.8 Å². The third-order valence-electron chi connectivity index (χ3n) is 3.21. The number of rotatable bonds is 5. The summed E-state index contributed by atoms with van der Waals surface area (Å²) in [5.74, 6) is -1.17. The molecule has 1 aliphatic heterocycles. The summed E-state index contributed by atoms with van der Waals surface area (Å²) in [5.41, 5.74) is 5.23. The van der Waals surface area contributed by atoms with Crippen LogP contribution in [0.25, 0.3) is 0 Å². The van der Waals surface area contributed by atoms with E-state index in [-0.39, 0.29) is 31.5 Å². The molecule has 1 rings (SSSR count). The van der Waals surface area contributed by atoms with Gasteiger partial charge in [0.2, 0.25) is 11.8 Å². The molecule has 3 N–H and O–H groups in total. The van der Waals surface area contributed by atoms with Crippen LogP contribution in [0.4, 0.5) is 13.2 Å². The lowest BCUT2D eigenvalue weighted by Gasteiger charge is -2.36. The van der Waals surface area contributed by atoms with Crippen LogP contribution in [0.2, 0.25) is 0 Å². The minimum atomic E-state index is -4.50. The van der Waals surface area contributed by atoms with Crippen molar-refractivity contribution in [3.63, 3.8) is 0 Å². The van der Waals surface area contributed by atoms with Gasteiger partial charge >= 0.3 is 6.18 Å². The normalized spacial score (nSPS) is 19.8. The number of hydrogen-bond acceptors (Lipinski definition) is 3. The van der Waals surface area contributed by atoms with Gasteiger partial charge in [0.25, 0.3) is 0 Å². The van der Waals surface area contributed by atoms with Gasteiger partial charge in [-0.1, -0.05) is 0 Å². The molecule has 1 saturated heterocycles. The molecule has 0 aromatic heterocycles. The minimum Gasteiger partial charge on any atom is -0.354 e. The van der Waals surface area contributed by atoms with E-state index in [4.69, 9.17) is 5.73 Å². The molecule has 0 spiro atoms. The highest BCUT2D eigenvalue weighted by Crippen LogP contribution is 2.24. The average molecular weight is 295 g/mol. The van der Waals surface area contributed by atoms with Crippen LogP contribution in [0.3, 0.4) is 0 Å². The van der Waals surface area contributed by atoms with Crippen LogP contribution < -0.4 is 11.1 Å². The number of nitrogens with two attached hydrogens (primary N) is 1. The fourth-order valence-corrected chi connectivity index (χ4v) is 2.27. The molecule has 2 amide bonds. The molecule has 116 valence electrons. The third-order valence-corrected chi connectivity index (χ3v) is 3.21. The zero-order chi connectivity index (χ0) is 15.2. The third kappa shape index (κ3) is 5.77. The Kier molecular flexibility index (Phi) is 6.25. The van der Waals surface area contributed by atoms with Gasteiger partial charge in [0.15, 0.2) is 0 Å². The van der Waals surface area contributed by atoms with E-state index in [1.54, 1.807) is 0 Å². The van der Waals surface area contributed by atoms with Crippen molar-refractivity contribution in [1.82, 2.24) is 10.2 Å². The van der Waals surface area contributed by atoms with Gasteiger partial charge in [-0.15, -0.1) is 0 Å². The average Bonchev–Trinajstić information content (AvgIpc) is 2.35. The summed E-state index contributed by atoms with van der Waals surface area (Å²) >= 11 is 0. The van der Waals surface area contributed by atoms with Gasteiger partial charge in [0.1, 0.15) is 6.42 Å². The van der Waals surface area contributed by atoms with Crippen LogP contribution in [0.5, 0.6) is 0 Å². The van der Waals surface area contributed by atoms with Gasteiger partial charge in [0, 0.05) is 32.1 Å². The summed E-state index contributed by atoms with van der Waals surface area (Å²) in [6, 6.07) is -0.361. The van der Waals surface area contributed by atoms with Crippen LogP contribution in [0, 0.1) is 0 Å². The highest BCUT2D eigenvalue weighted by molar-refractivity contribution is 5.78.